The maximum absolute atomic E-state index is 13.5. The van der Waals surface area contributed by atoms with Crippen molar-refractivity contribution in [2.24, 2.45) is 23.2 Å². The SMILES string of the molecule is CN(CC12CC3CC(CC(C3)C1)C2)C(=O)c1ccc(N2CCN(Cc3ccc(-c4cncc(O)c4)c4ccccc34)CC2)cc1. The highest BCUT2D eigenvalue weighted by Gasteiger charge is 2.51. The summed E-state index contributed by atoms with van der Waals surface area (Å²) in [6.07, 6.45) is 11.6. The summed E-state index contributed by atoms with van der Waals surface area (Å²) in [5.41, 5.74) is 5.70. The van der Waals surface area contributed by atoms with Gasteiger partial charge in [0.2, 0.25) is 0 Å². The van der Waals surface area contributed by atoms with Crippen molar-refractivity contribution in [3.63, 3.8) is 0 Å². The van der Waals surface area contributed by atoms with Crippen molar-refractivity contribution < 1.29 is 9.90 Å². The second-order valence-corrected chi connectivity index (χ2v) is 14.6. The molecule has 5 aliphatic rings. The van der Waals surface area contributed by atoms with Crippen molar-refractivity contribution in [3.05, 3.63) is 90.3 Å². The molecule has 3 aromatic carbocycles. The number of carbonyl (C=O) groups excluding carboxylic acids is 1. The summed E-state index contributed by atoms with van der Waals surface area (Å²) in [6, 6.07) is 23.1. The van der Waals surface area contributed by atoms with Crippen LogP contribution in [0.5, 0.6) is 5.75 Å². The van der Waals surface area contributed by atoms with Gasteiger partial charge in [0.25, 0.3) is 5.91 Å². The van der Waals surface area contributed by atoms with Crippen molar-refractivity contribution in [2.75, 3.05) is 44.7 Å². The number of benzene rings is 3. The Balaban J connectivity index is 0.891. The van der Waals surface area contributed by atoms with E-state index < -0.39 is 0 Å². The van der Waals surface area contributed by atoms with E-state index in [4.69, 9.17) is 0 Å². The number of aromatic nitrogens is 1. The summed E-state index contributed by atoms with van der Waals surface area (Å²) in [4.78, 5) is 24.7. The van der Waals surface area contributed by atoms with Crippen LogP contribution in [0, 0.1) is 23.2 Å². The Morgan fingerprint density at radius 2 is 1.53 bits per heavy atom. The van der Waals surface area contributed by atoms with Crippen molar-refractivity contribution in [1.82, 2.24) is 14.8 Å². The zero-order chi connectivity index (χ0) is 30.5. The van der Waals surface area contributed by atoms with Crippen LogP contribution in [0.25, 0.3) is 21.9 Å². The van der Waals surface area contributed by atoms with E-state index in [2.05, 4.69) is 63.3 Å². The minimum Gasteiger partial charge on any atom is -0.506 e. The Kier molecular flexibility index (Phi) is 7.28. The number of amides is 1. The minimum absolute atomic E-state index is 0.167. The number of pyridine rings is 1. The molecule has 4 bridgehead atoms. The lowest BCUT2D eigenvalue weighted by Crippen LogP contribution is -2.51. The molecule has 6 nitrogen and oxygen atoms in total. The van der Waals surface area contributed by atoms with Gasteiger partial charge >= 0.3 is 0 Å². The molecule has 5 fully saturated rings. The summed E-state index contributed by atoms with van der Waals surface area (Å²) in [5.74, 6) is 3.08. The number of carbonyl (C=O) groups is 1. The van der Waals surface area contributed by atoms with Crippen molar-refractivity contribution in [3.8, 4) is 16.9 Å². The van der Waals surface area contributed by atoms with Gasteiger partial charge in [0.15, 0.2) is 0 Å². The van der Waals surface area contributed by atoms with Crippen LogP contribution in [0.4, 0.5) is 5.69 Å². The van der Waals surface area contributed by atoms with E-state index in [1.165, 1.54) is 66.7 Å². The number of piperazine rings is 1. The largest absolute Gasteiger partial charge is 0.506 e. The minimum atomic E-state index is 0.167. The third-order valence-corrected chi connectivity index (χ3v) is 11.4. The summed E-state index contributed by atoms with van der Waals surface area (Å²) in [7, 11) is 2.02. The summed E-state index contributed by atoms with van der Waals surface area (Å²) in [5, 5.41) is 12.4. The molecular weight excluding hydrogens is 556 g/mol. The first-order valence-corrected chi connectivity index (χ1v) is 16.9. The average molecular weight is 601 g/mol. The molecule has 0 radical (unpaired) electrons. The predicted octanol–water partition coefficient (Wildman–Crippen LogP) is 7.22. The van der Waals surface area contributed by atoms with Gasteiger partial charge in [-0.25, -0.2) is 0 Å². The van der Waals surface area contributed by atoms with Crippen LogP contribution in [-0.2, 0) is 6.54 Å². The highest BCUT2D eigenvalue weighted by Crippen LogP contribution is 2.60. The van der Waals surface area contributed by atoms with Crippen LogP contribution >= 0.6 is 0 Å². The molecule has 1 N–H and O–H groups in total. The monoisotopic (exact) mass is 600 g/mol. The summed E-state index contributed by atoms with van der Waals surface area (Å²) >= 11 is 0. The third-order valence-electron chi connectivity index (χ3n) is 11.4. The van der Waals surface area contributed by atoms with Crippen LogP contribution in [0.2, 0.25) is 0 Å². The van der Waals surface area contributed by atoms with Gasteiger partial charge in [-0.05, 0) is 114 Å². The maximum atomic E-state index is 13.5. The molecule has 1 aliphatic heterocycles. The highest BCUT2D eigenvalue weighted by atomic mass is 16.3. The van der Waals surface area contributed by atoms with E-state index in [-0.39, 0.29) is 11.7 Å². The summed E-state index contributed by atoms with van der Waals surface area (Å²) in [6.45, 7) is 5.72. The Hall–Kier alpha value is -3.90. The quantitative estimate of drug-likeness (QED) is 0.243. The number of hydrogen-bond donors (Lipinski definition) is 1. The van der Waals surface area contributed by atoms with Crippen LogP contribution in [0.3, 0.4) is 0 Å². The van der Waals surface area contributed by atoms with Crippen molar-refractivity contribution in [1.29, 1.82) is 0 Å². The number of fused-ring (bicyclic) bond motifs is 1. The molecule has 4 saturated carbocycles. The van der Waals surface area contributed by atoms with E-state index in [1.54, 1.807) is 6.07 Å². The maximum Gasteiger partial charge on any atom is 0.253 e. The second-order valence-electron chi connectivity index (χ2n) is 14.6. The third kappa shape index (κ3) is 5.58. The molecule has 1 amide bonds. The second kappa shape index (κ2) is 11.5. The lowest BCUT2D eigenvalue weighted by atomic mass is 9.49. The molecule has 4 aromatic rings. The molecule has 0 atom stereocenters. The number of nitrogens with zero attached hydrogens (tertiary/aromatic N) is 4. The molecule has 1 saturated heterocycles. The van der Waals surface area contributed by atoms with Gasteiger partial charge in [-0.15, -0.1) is 0 Å². The smallest absolute Gasteiger partial charge is 0.253 e. The van der Waals surface area contributed by atoms with Gasteiger partial charge < -0.3 is 14.9 Å². The Morgan fingerprint density at radius 1 is 0.867 bits per heavy atom. The van der Waals surface area contributed by atoms with E-state index >= 15 is 0 Å². The molecule has 0 spiro atoms. The van der Waals surface area contributed by atoms with Gasteiger partial charge in [-0.3, -0.25) is 14.7 Å². The molecular formula is C39H44N4O2. The van der Waals surface area contributed by atoms with Gasteiger partial charge in [0.1, 0.15) is 5.75 Å². The van der Waals surface area contributed by atoms with E-state index in [0.29, 0.717) is 5.41 Å². The van der Waals surface area contributed by atoms with Gasteiger partial charge in [0.05, 0.1) is 6.20 Å². The Bertz CT molecular complexity index is 1670. The number of aromatic hydroxyl groups is 1. The number of rotatable bonds is 7. The molecule has 45 heavy (non-hydrogen) atoms. The highest BCUT2D eigenvalue weighted by molar-refractivity contribution is 5.98. The van der Waals surface area contributed by atoms with E-state index in [1.807, 2.05) is 30.3 Å². The lowest BCUT2D eigenvalue weighted by molar-refractivity contribution is -0.0629. The molecule has 4 aliphatic carbocycles. The normalized spacial score (nSPS) is 26.0. The van der Waals surface area contributed by atoms with Gasteiger partial charge in [0, 0.05) is 69.3 Å². The van der Waals surface area contributed by atoms with E-state index in [0.717, 1.165) is 73.7 Å². The zero-order valence-corrected chi connectivity index (χ0v) is 26.4. The Labute approximate surface area is 266 Å². The fourth-order valence-electron chi connectivity index (χ4n) is 9.83. The average Bonchev–Trinajstić information content (AvgIpc) is 3.04. The van der Waals surface area contributed by atoms with E-state index in [9.17, 15) is 9.90 Å². The van der Waals surface area contributed by atoms with Crippen LogP contribution in [-0.4, -0.2) is 65.6 Å². The van der Waals surface area contributed by atoms with Crippen LogP contribution in [0.1, 0.15) is 54.4 Å². The Morgan fingerprint density at radius 3 is 2.20 bits per heavy atom. The zero-order valence-electron chi connectivity index (χ0n) is 26.4. The lowest BCUT2D eigenvalue weighted by Gasteiger charge is -2.57. The van der Waals surface area contributed by atoms with Gasteiger partial charge in [-0.1, -0.05) is 36.4 Å². The number of anilines is 1. The van der Waals surface area contributed by atoms with Crippen LogP contribution < -0.4 is 4.90 Å². The summed E-state index contributed by atoms with van der Waals surface area (Å²) < 4.78 is 0. The van der Waals surface area contributed by atoms with Crippen LogP contribution in [0.15, 0.2) is 79.1 Å². The number of hydrogen-bond acceptors (Lipinski definition) is 5. The van der Waals surface area contributed by atoms with Crippen molar-refractivity contribution in [2.45, 2.75) is 45.1 Å². The molecule has 1 aromatic heterocycles. The first-order valence-electron chi connectivity index (χ1n) is 16.9. The topological polar surface area (TPSA) is 59.9 Å². The first-order chi connectivity index (χ1) is 21.9. The first kappa shape index (κ1) is 28.6. The molecule has 0 unspecified atom stereocenters. The molecule has 9 rings (SSSR count). The fourth-order valence-corrected chi connectivity index (χ4v) is 9.83. The van der Waals surface area contributed by atoms with Crippen molar-refractivity contribution >= 4 is 22.4 Å². The molecule has 232 valence electrons. The molecule has 2 heterocycles. The molecule has 6 heteroatoms. The standard InChI is InChI=1S/C39H44N4O2/c1-41(26-39-20-27-16-28(21-39)18-29(17-27)22-39)38(45)30-6-9-33(10-7-30)43-14-12-42(13-15-43)25-31-8-11-36(32-19-34(44)24-40-23-32)37-5-3-2-4-35(31)37/h2-11,19,23-24,27-29,44H,12-18,20-22,25-26H2,1H3. The fraction of sp³-hybridized carbons (Fsp3) is 0.436. The predicted molar refractivity (Wildman–Crippen MR) is 180 cm³/mol. The van der Waals surface area contributed by atoms with Gasteiger partial charge in [-0.2, -0.15) is 0 Å².